The summed E-state index contributed by atoms with van der Waals surface area (Å²) in [7, 11) is 0. The fourth-order valence-electron chi connectivity index (χ4n) is 0. The second-order valence-electron chi connectivity index (χ2n) is 0. The van der Waals surface area contributed by atoms with Gasteiger partial charge in [-0.15, -0.1) is 0 Å². The SMILES string of the molecule is O.O.O.O.[Fe+2]. The Morgan fingerprint density at radius 1 is 0.400 bits per heavy atom. The van der Waals surface area contributed by atoms with E-state index in [-0.39, 0.29) is 39.0 Å². The van der Waals surface area contributed by atoms with Crippen molar-refractivity contribution in [2.45, 2.75) is 0 Å². The fraction of sp³-hybridized carbons (Fsp3) is 0. The molecule has 0 aromatic rings. The molecule has 0 saturated heterocycles. The molecule has 0 heterocycles. The van der Waals surface area contributed by atoms with Crippen LogP contribution in [0.2, 0.25) is 0 Å². The van der Waals surface area contributed by atoms with Crippen molar-refractivity contribution < 1.29 is 39.0 Å². The number of hydrogen-bond donors (Lipinski definition) is 0. The van der Waals surface area contributed by atoms with Crippen molar-refractivity contribution in [3.05, 3.63) is 0 Å². The summed E-state index contributed by atoms with van der Waals surface area (Å²) in [5.74, 6) is 0. The molecule has 0 unspecified atom stereocenters. The molecule has 0 aliphatic carbocycles. The van der Waals surface area contributed by atoms with E-state index < -0.39 is 0 Å². The van der Waals surface area contributed by atoms with Crippen molar-refractivity contribution in [3.8, 4) is 0 Å². The molecule has 0 spiro atoms. The van der Waals surface area contributed by atoms with Gasteiger partial charge in [0.2, 0.25) is 0 Å². The molecule has 0 aromatic carbocycles. The van der Waals surface area contributed by atoms with Gasteiger partial charge in [-0.1, -0.05) is 0 Å². The summed E-state index contributed by atoms with van der Waals surface area (Å²) in [6, 6.07) is 0. The molecule has 0 bridgehead atoms. The summed E-state index contributed by atoms with van der Waals surface area (Å²) in [5.41, 5.74) is 0. The first-order chi connectivity index (χ1) is 0. The van der Waals surface area contributed by atoms with Gasteiger partial charge in [0.05, 0.1) is 0 Å². The summed E-state index contributed by atoms with van der Waals surface area (Å²) in [6.07, 6.45) is 0. The van der Waals surface area contributed by atoms with Gasteiger partial charge in [-0.25, -0.2) is 0 Å². The Kier molecular flexibility index (Phi) is 60000. The monoisotopic (exact) mass is 128 g/mol. The van der Waals surface area contributed by atoms with E-state index in [4.69, 9.17) is 0 Å². The van der Waals surface area contributed by atoms with Crippen LogP contribution in [-0.2, 0) is 17.1 Å². The number of rotatable bonds is 0. The maximum absolute atomic E-state index is 0. The molecule has 0 saturated carbocycles. The Morgan fingerprint density at radius 2 is 0.400 bits per heavy atom. The smallest absolute Gasteiger partial charge is 0.412 e. The topological polar surface area (TPSA) is 126 Å². The van der Waals surface area contributed by atoms with Crippen molar-refractivity contribution in [2.24, 2.45) is 0 Å². The first-order valence-electron chi connectivity index (χ1n) is 0. The van der Waals surface area contributed by atoms with Crippen molar-refractivity contribution in [2.75, 3.05) is 0 Å². The molecule has 0 atom stereocenters. The first kappa shape index (κ1) is 788. The van der Waals surface area contributed by atoms with Gasteiger partial charge < -0.3 is 21.9 Å². The molecule has 0 aliphatic rings. The Morgan fingerprint density at radius 3 is 0.400 bits per heavy atom. The minimum atomic E-state index is 0. The second kappa shape index (κ2) is 381. The van der Waals surface area contributed by atoms with Crippen LogP contribution in [-0.4, -0.2) is 21.9 Å². The molecular formula is H8FeO4+2. The summed E-state index contributed by atoms with van der Waals surface area (Å²) in [4.78, 5) is 0. The Labute approximate surface area is 39.9 Å². The van der Waals surface area contributed by atoms with Crippen LogP contribution < -0.4 is 0 Å². The predicted molar refractivity (Wildman–Crippen MR) is 14.5 cm³/mol. The average Bonchev–Trinajstić information content (AvgIpc) is 0. The third-order valence-electron chi connectivity index (χ3n) is 0. The predicted octanol–water partition coefficient (Wildman–Crippen LogP) is -3.30. The molecule has 0 radical (unpaired) electrons. The van der Waals surface area contributed by atoms with Gasteiger partial charge in [-0.05, 0) is 0 Å². The van der Waals surface area contributed by atoms with E-state index in [0.717, 1.165) is 0 Å². The molecule has 4 nitrogen and oxygen atoms in total. The summed E-state index contributed by atoms with van der Waals surface area (Å²) >= 11 is 0. The zero-order valence-corrected chi connectivity index (χ0v) is 3.46. The van der Waals surface area contributed by atoms with Gasteiger partial charge in [-0.3, -0.25) is 0 Å². The first-order valence-corrected chi connectivity index (χ1v) is 0. The third kappa shape index (κ3) is 188. The van der Waals surface area contributed by atoms with Gasteiger partial charge in [0.1, 0.15) is 0 Å². The summed E-state index contributed by atoms with van der Waals surface area (Å²) < 4.78 is 0. The van der Waals surface area contributed by atoms with Gasteiger partial charge in [0.15, 0.2) is 0 Å². The van der Waals surface area contributed by atoms with E-state index >= 15 is 0 Å². The van der Waals surface area contributed by atoms with E-state index in [2.05, 4.69) is 0 Å². The van der Waals surface area contributed by atoms with Crippen LogP contribution in [0.4, 0.5) is 0 Å². The molecule has 8 N–H and O–H groups in total. The van der Waals surface area contributed by atoms with E-state index in [1.165, 1.54) is 0 Å². The van der Waals surface area contributed by atoms with Crippen LogP contribution in [0.3, 0.4) is 0 Å². The van der Waals surface area contributed by atoms with Crippen molar-refractivity contribution in [1.29, 1.82) is 0 Å². The molecule has 0 aromatic heterocycles. The quantitative estimate of drug-likeness (QED) is 0.303. The van der Waals surface area contributed by atoms with Gasteiger partial charge in [0, 0.05) is 0 Å². The van der Waals surface area contributed by atoms with Crippen molar-refractivity contribution in [3.63, 3.8) is 0 Å². The minimum absolute atomic E-state index is 0. The standard InChI is InChI=1S/Fe.4H2O/h;4*1H2/q+2;;;;. The van der Waals surface area contributed by atoms with Gasteiger partial charge >= 0.3 is 17.1 Å². The van der Waals surface area contributed by atoms with E-state index in [1.807, 2.05) is 0 Å². The molecule has 0 rings (SSSR count). The van der Waals surface area contributed by atoms with Crippen molar-refractivity contribution in [1.82, 2.24) is 0 Å². The normalized spacial score (nSPS) is 0. The third-order valence-corrected chi connectivity index (χ3v) is 0. The maximum Gasteiger partial charge on any atom is 2.00 e. The Hall–Kier alpha value is 0.359. The van der Waals surface area contributed by atoms with Crippen LogP contribution in [0.5, 0.6) is 0 Å². The molecular weight excluding hydrogens is 120 g/mol. The zero-order chi connectivity index (χ0) is 0. The van der Waals surface area contributed by atoms with E-state index in [0.29, 0.717) is 0 Å². The number of hydrogen-bond acceptors (Lipinski definition) is 0. The molecule has 0 amide bonds. The second-order valence-corrected chi connectivity index (χ2v) is 0. The van der Waals surface area contributed by atoms with E-state index in [1.54, 1.807) is 0 Å². The summed E-state index contributed by atoms with van der Waals surface area (Å²) in [6.45, 7) is 0. The van der Waals surface area contributed by atoms with Gasteiger partial charge in [0.25, 0.3) is 0 Å². The molecule has 0 fully saturated rings. The molecule has 5 heavy (non-hydrogen) atoms. The van der Waals surface area contributed by atoms with Crippen LogP contribution in [0, 0.1) is 0 Å². The molecule has 5 heteroatoms. The molecule has 0 aliphatic heterocycles. The fourth-order valence-corrected chi connectivity index (χ4v) is 0. The van der Waals surface area contributed by atoms with Crippen LogP contribution >= 0.6 is 0 Å². The Bertz CT molecular complexity index is 3.61. The summed E-state index contributed by atoms with van der Waals surface area (Å²) in [5, 5.41) is 0. The average molecular weight is 128 g/mol. The van der Waals surface area contributed by atoms with Gasteiger partial charge in [-0.2, -0.15) is 0 Å². The molecule has 38 valence electrons. The zero-order valence-electron chi connectivity index (χ0n) is 2.35. The van der Waals surface area contributed by atoms with E-state index in [9.17, 15) is 0 Å². The maximum atomic E-state index is 0. The van der Waals surface area contributed by atoms with Crippen LogP contribution in [0.25, 0.3) is 0 Å². The largest absolute Gasteiger partial charge is 2.00 e. The van der Waals surface area contributed by atoms with Crippen molar-refractivity contribution >= 4 is 0 Å². The minimum Gasteiger partial charge on any atom is -0.412 e. The van der Waals surface area contributed by atoms with Crippen LogP contribution in [0.15, 0.2) is 0 Å². The van der Waals surface area contributed by atoms with Crippen LogP contribution in [0.1, 0.15) is 0 Å². The Balaban J connectivity index is 0.